The second-order valence-corrected chi connectivity index (χ2v) is 8.93. The monoisotopic (exact) mass is 399 g/mol. The van der Waals surface area contributed by atoms with Crippen LogP contribution in [0.3, 0.4) is 0 Å². The molecular weight excluding hydrogens is 382 g/mol. The van der Waals surface area contributed by atoms with Crippen molar-refractivity contribution in [3.63, 3.8) is 0 Å². The van der Waals surface area contributed by atoms with Crippen LogP contribution in [-0.2, 0) is 10.0 Å². The van der Waals surface area contributed by atoms with Gasteiger partial charge in [-0.2, -0.15) is 0 Å². The van der Waals surface area contributed by atoms with E-state index in [1.165, 1.54) is 0 Å². The lowest BCUT2D eigenvalue weighted by atomic mass is 10.1. The van der Waals surface area contributed by atoms with Crippen LogP contribution in [0.15, 0.2) is 51.9 Å². The van der Waals surface area contributed by atoms with E-state index in [-0.39, 0.29) is 10.7 Å². The third-order valence-corrected chi connectivity index (χ3v) is 6.94. The molecule has 0 saturated heterocycles. The Morgan fingerprint density at radius 2 is 1.85 bits per heavy atom. The third-order valence-electron chi connectivity index (χ3n) is 4.25. The Balaban J connectivity index is 1.68. The van der Waals surface area contributed by atoms with Crippen LogP contribution in [0, 0.1) is 20.8 Å². The number of aryl methyl sites for hydroxylation is 3. The van der Waals surface area contributed by atoms with Gasteiger partial charge in [-0.1, -0.05) is 17.3 Å². The van der Waals surface area contributed by atoms with Gasteiger partial charge in [0, 0.05) is 5.56 Å². The lowest BCUT2D eigenvalue weighted by Gasteiger charge is -2.11. The molecule has 4 aromatic rings. The molecule has 0 atom stereocenters. The smallest absolute Gasteiger partial charge is 0.267 e. The number of benzene rings is 2. The largest absolute Gasteiger partial charge is 0.360 e. The fourth-order valence-electron chi connectivity index (χ4n) is 2.96. The van der Waals surface area contributed by atoms with E-state index in [0.29, 0.717) is 11.4 Å². The minimum absolute atomic E-state index is 0.0807. The average molecular weight is 399 g/mol. The summed E-state index contributed by atoms with van der Waals surface area (Å²) in [4.78, 5) is 4.73. The Bertz CT molecular complexity index is 1200. The predicted molar refractivity (Wildman–Crippen MR) is 107 cm³/mol. The lowest BCUT2D eigenvalue weighted by Crippen LogP contribution is -2.15. The molecule has 8 heteroatoms. The number of rotatable bonds is 4. The Morgan fingerprint density at radius 3 is 2.52 bits per heavy atom. The van der Waals surface area contributed by atoms with Crippen LogP contribution in [0.5, 0.6) is 0 Å². The third kappa shape index (κ3) is 3.22. The molecule has 0 spiro atoms. The first-order valence-electron chi connectivity index (χ1n) is 8.27. The molecule has 2 aromatic carbocycles. The van der Waals surface area contributed by atoms with Crippen molar-refractivity contribution in [2.45, 2.75) is 25.7 Å². The first-order chi connectivity index (χ1) is 12.8. The van der Waals surface area contributed by atoms with Crippen LogP contribution in [0.25, 0.3) is 20.8 Å². The number of fused-ring (bicyclic) bond motifs is 1. The summed E-state index contributed by atoms with van der Waals surface area (Å²) < 4.78 is 34.1. The van der Waals surface area contributed by atoms with E-state index < -0.39 is 10.0 Å². The fraction of sp³-hybridized carbons (Fsp3) is 0.158. The molecule has 0 aliphatic heterocycles. The Morgan fingerprint density at radius 1 is 1.07 bits per heavy atom. The van der Waals surface area contributed by atoms with Crippen molar-refractivity contribution in [1.29, 1.82) is 0 Å². The zero-order valence-electron chi connectivity index (χ0n) is 15.0. The normalized spacial score (nSPS) is 11.8. The van der Waals surface area contributed by atoms with Gasteiger partial charge in [0.15, 0.2) is 10.7 Å². The van der Waals surface area contributed by atoms with E-state index in [1.807, 2.05) is 43.3 Å². The van der Waals surface area contributed by atoms with Gasteiger partial charge in [-0.05, 0) is 56.7 Å². The summed E-state index contributed by atoms with van der Waals surface area (Å²) in [5, 5.41) is 4.62. The quantitative estimate of drug-likeness (QED) is 0.539. The highest BCUT2D eigenvalue weighted by Gasteiger charge is 2.24. The summed E-state index contributed by atoms with van der Waals surface area (Å²) in [6.45, 7) is 5.05. The molecule has 0 radical (unpaired) electrons. The highest BCUT2D eigenvalue weighted by Crippen LogP contribution is 2.32. The molecule has 1 N–H and O–H groups in total. The summed E-state index contributed by atoms with van der Waals surface area (Å²) in [6.07, 6.45) is 0. The Labute approximate surface area is 160 Å². The van der Waals surface area contributed by atoms with E-state index in [4.69, 9.17) is 4.52 Å². The van der Waals surface area contributed by atoms with Gasteiger partial charge >= 0.3 is 0 Å². The Kier molecular flexibility index (Phi) is 4.24. The maximum atomic E-state index is 12.7. The van der Waals surface area contributed by atoms with E-state index >= 15 is 0 Å². The van der Waals surface area contributed by atoms with Gasteiger partial charge in [0.2, 0.25) is 0 Å². The van der Waals surface area contributed by atoms with Crippen LogP contribution >= 0.6 is 11.3 Å². The first kappa shape index (κ1) is 17.7. The number of sulfonamides is 1. The van der Waals surface area contributed by atoms with Crippen molar-refractivity contribution in [1.82, 2.24) is 10.1 Å². The molecule has 138 valence electrons. The van der Waals surface area contributed by atoms with Crippen LogP contribution < -0.4 is 4.72 Å². The van der Waals surface area contributed by atoms with Gasteiger partial charge in [0.1, 0.15) is 10.7 Å². The summed E-state index contributed by atoms with van der Waals surface area (Å²) in [5.74, 6) is 0.267. The topological polar surface area (TPSA) is 85.1 Å². The maximum absolute atomic E-state index is 12.7. The molecule has 0 fully saturated rings. The number of nitrogens with one attached hydrogen (secondary N) is 1. The SMILES string of the molecule is Cc1cc(-c2nc3ccccc3s2)ccc1NS(=O)(=O)c1c(C)noc1C. The van der Waals surface area contributed by atoms with Crippen molar-refractivity contribution < 1.29 is 12.9 Å². The minimum atomic E-state index is -3.77. The highest BCUT2D eigenvalue weighted by atomic mass is 32.2. The Hall–Kier alpha value is -2.71. The summed E-state index contributed by atoms with van der Waals surface area (Å²) in [7, 11) is -3.77. The van der Waals surface area contributed by atoms with E-state index in [2.05, 4.69) is 14.9 Å². The molecule has 0 bridgehead atoms. The van der Waals surface area contributed by atoms with Crippen molar-refractivity contribution in [3.05, 3.63) is 59.5 Å². The molecule has 0 amide bonds. The molecule has 0 unspecified atom stereocenters. The zero-order chi connectivity index (χ0) is 19.2. The van der Waals surface area contributed by atoms with Crippen molar-refractivity contribution in [2.24, 2.45) is 0 Å². The van der Waals surface area contributed by atoms with Crippen LogP contribution in [0.1, 0.15) is 17.0 Å². The number of anilines is 1. The van der Waals surface area contributed by atoms with Crippen molar-refractivity contribution in [2.75, 3.05) is 4.72 Å². The first-order valence-corrected chi connectivity index (χ1v) is 10.6. The lowest BCUT2D eigenvalue weighted by molar-refractivity contribution is 0.390. The van der Waals surface area contributed by atoms with Crippen molar-refractivity contribution >= 4 is 37.3 Å². The summed E-state index contributed by atoms with van der Waals surface area (Å²) >= 11 is 1.61. The van der Waals surface area contributed by atoms with Crippen LogP contribution in [0.4, 0.5) is 5.69 Å². The van der Waals surface area contributed by atoms with Gasteiger partial charge < -0.3 is 4.52 Å². The number of hydrogen-bond donors (Lipinski definition) is 1. The van der Waals surface area contributed by atoms with E-state index in [9.17, 15) is 8.42 Å². The van der Waals surface area contributed by atoms with Gasteiger partial charge in [0.25, 0.3) is 10.0 Å². The zero-order valence-corrected chi connectivity index (χ0v) is 16.6. The molecule has 0 aliphatic rings. The number of para-hydroxylation sites is 1. The molecule has 27 heavy (non-hydrogen) atoms. The number of aromatic nitrogens is 2. The number of thiazole rings is 1. The highest BCUT2D eigenvalue weighted by molar-refractivity contribution is 7.92. The summed E-state index contributed by atoms with van der Waals surface area (Å²) in [5.41, 5.74) is 3.57. The second-order valence-electron chi connectivity index (χ2n) is 6.28. The molecule has 0 saturated carbocycles. The molecule has 0 aliphatic carbocycles. The minimum Gasteiger partial charge on any atom is -0.360 e. The maximum Gasteiger partial charge on any atom is 0.267 e. The van der Waals surface area contributed by atoms with Gasteiger partial charge in [-0.25, -0.2) is 13.4 Å². The van der Waals surface area contributed by atoms with Gasteiger partial charge in [-0.3, -0.25) is 4.72 Å². The second kappa shape index (κ2) is 6.47. The predicted octanol–water partition coefficient (Wildman–Crippen LogP) is 4.68. The van der Waals surface area contributed by atoms with E-state index in [0.717, 1.165) is 26.4 Å². The molecule has 4 rings (SSSR count). The number of hydrogen-bond acceptors (Lipinski definition) is 6. The van der Waals surface area contributed by atoms with Gasteiger partial charge in [0.05, 0.1) is 15.9 Å². The molecular formula is C19H17N3O3S2. The van der Waals surface area contributed by atoms with Gasteiger partial charge in [-0.15, -0.1) is 11.3 Å². The standard InChI is InChI=1S/C19H17N3O3S2/c1-11-10-14(19-20-16-6-4-5-7-17(16)26-19)8-9-15(11)22-27(23,24)18-12(2)21-25-13(18)3/h4-10,22H,1-3H3. The average Bonchev–Trinajstić information content (AvgIpc) is 3.20. The van der Waals surface area contributed by atoms with Crippen molar-refractivity contribution in [3.8, 4) is 10.6 Å². The van der Waals surface area contributed by atoms with E-state index in [1.54, 1.807) is 31.3 Å². The molecule has 2 aromatic heterocycles. The molecule has 2 heterocycles. The van der Waals surface area contributed by atoms with Crippen LogP contribution in [0.2, 0.25) is 0 Å². The number of nitrogens with zero attached hydrogens (tertiary/aromatic N) is 2. The fourth-order valence-corrected chi connectivity index (χ4v) is 5.39. The summed E-state index contributed by atoms with van der Waals surface area (Å²) in [6, 6.07) is 13.5. The molecule has 6 nitrogen and oxygen atoms in total. The van der Waals surface area contributed by atoms with Crippen LogP contribution in [-0.4, -0.2) is 18.6 Å².